The van der Waals surface area contributed by atoms with Crippen LogP contribution in [0.1, 0.15) is 15.9 Å². The van der Waals surface area contributed by atoms with Gasteiger partial charge in [-0.15, -0.1) is 0 Å². The van der Waals surface area contributed by atoms with Crippen LogP contribution in [0.4, 0.5) is 4.39 Å². The Hall–Kier alpha value is -3.54. The molecule has 5 nitrogen and oxygen atoms in total. The molecule has 0 aliphatic heterocycles. The van der Waals surface area contributed by atoms with Crippen molar-refractivity contribution in [2.24, 2.45) is 0 Å². The topological polar surface area (TPSA) is 59.8 Å². The normalized spacial score (nSPS) is 10.8. The number of halogens is 1. The van der Waals surface area contributed by atoms with Crippen LogP contribution in [0.15, 0.2) is 73.2 Å². The second kappa shape index (κ2) is 6.76. The van der Waals surface area contributed by atoms with E-state index in [9.17, 15) is 9.18 Å². The van der Waals surface area contributed by atoms with Gasteiger partial charge < -0.3 is 5.32 Å². The third-order valence-corrected chi connectivity index (χ3v) is 4.11. The first-order valence-electron chi connectivity index (χ1n) is 8.12. The fourth-order valence-corrected chi connectivity index (χ4v) is 2.82. The Morgan fingerprint density at radius 1 is 1.04 bits per heavy atom. The van der Waals surface area contributed by atoms with Crippen LogP contribution in [0.3, 0.4) is 0 Å². The van der Waals surface area contributed by atoms with Crippen LogP contribution in [-0.4, -0.2) is 20.7 Å². The highest BCUT2D eigenvalue weighted by molar-refractivity contribution is 6.06. The fourth-order valence-electron chi connectivity index (χ4n) is 2.82. The number of fused-ring (bicyclic) bond motifs is 1. The lowest BCUT2D eigenvalue weighted by Gasteiger charge is -2.07. The second-order valence-electron chi connectivity index (χ2n) is 5.82. The summed E-state index contributed by atoms with van der Waals surface area (Å²) in [5.74, 6) is -0.487. The molecule has 6 heteroatoms. The molecule has 0 atom stereocenters. The smallest absolute Gasteiger partial charge is 0.252 e. The number of pyridine rings is 1. The van der Waals surface area contributed by atoms with E-state index in [1.165, 1.54) is 12.1 Å². The van der Waals surface area contributed by atoms with Crippen LogP contribution >= 0.6 is 0 Å². The molecule has 0 bridgehead atoms. The van der Waals surface area contributed by atoms with Crippen molar-refractivity contribution in [3.8, 4) is 5.69 Å². The number of nitrogens with one attached hydrogen (secondary N) is 1. The molecule has 2 aromatic carbocycles. The second-order valence-corrected chi connectivity index (χ2v) is 5.82. The van der Waals surface area contributed by atoms with Crippen molar-refractivity contribution in [2.45, 2.75) is 6.54 Å². The third-order valence-electron chi connectivity index (χ3n) is 4.11. The van der Waals surface area contributed by atoms with Gasteiger partial charge in [0.05, 0.1) is 23.0 Å². The number of hydrogen-bond acceptors (Lipinski definition) is 3. The highest BCUT2D eigenvalue weighted by atomic mass is 19.1. The van der Waals surface area contributed by atoms with E-state index >= 15 is 0 Å². The summed E-state index contributed by atoms with van der Waals surface area (Å²) in [5.41, 5.74) is 2.98. The van der Waals surface area contributed by atoms with Gasteiger partial charge in [0.25, 0.3) is 5.91 Å². The molecule has 0 radical (unpaired) electrons. The third kappa shape index (κ3) is 3.04. The van der Waals surface area contributed by atoms with Gasteiger partial charge in [0.1, 0.15) is 5.82 Å². The number of carbonyl (C=O) groups is 1. The molecule has 1 N–H and O–H groups in total. The summed E-state index contributed by atoms with van der Waals surface area (Å²) in [6, 6.07) is 15.2. The van der Waals surface area contributed by atoms with Gasteiger partial charge in [0, 0.05) is 24.3 Å². The van der Waals surface area contributed by atoms with E-state index in [2.05, 4.69) is 15.4 Å². The molecule has 4 aromatic rings. The van der Waals surface area contributed by atoms with Crippen LogP contribution < -0.4 is 5.32 Å². The van der Waals surface area contributed by atoms with Crippen molar-refractivity contribution in [1.82, 2.24) is 20.1 Å². The van der Waals surface area contributed by atoms with E-state index in [1.807, 2.05) is 24.3 Å². The van der Waals surface area contributed by atoms with Gasteiger partial charge in [0.15, 0.2) is 0 Å². The van der Waals surface area contributed by atoms with Crippen LogP contribution in [-0.2, 0) is 6.54 Å². The van der Waals surface area contributed by atoms with Crippen molar-refractivity contribution in [3.05, 3.63) is 90.1 Å². The number of rotatable bonds is 4. The first-order valence-corrected chi connectivity index (χ1v) is 8.12. The maximum atomic E-state index is 13.1. The lowest BCUT2D eigenvalue weighted by Crippen LogP contribution is -2.23. The fraction of sp³-hybridized carbons (Fsp3) is 0.0500. The maximum Gasteiger partial charge on any atom is 0.252 e. The molecule has 1 amide bonds. The number of amides is 1. The summed E-state index contributed by atoms with van der Waals surface area (Å²) in [7, 11) is 0. The largest absolute Gasteiger partial charge is 0.348 e. The molecule has 4 rings (SSSR count). The molecule has 0 spiro atoms. The van der Waals surface area contributed by atoms with E-state index in [-0.39, 0.29) is 11.7 Å². The van der Waals surface area contributed by atoms with Gasteiger partial charge in [-0.05, 0) is 48.0 Å². The Morgan fingerprint density at radius 3 is 2.65 bits per heavy atom. The molecule has 0 fully saturated rings. The lowest BCUT2D eigenvalue weighted by molar-refractivity contribution is 0.0952. The highest BCUT2D eigenvalue weighted by Gasteiger charge is 2.14. The number of hydrogen-bond donors (Lipinski definition) is 1. The average molecular weight is 346 g/mol. The predicted octanol–water partition coefficient (Wildman–Crippen LogP) is 3.49. The summed E-state index contributed by atoms with van der Waals surface area (Å²) >= 11 is 0. The molecule has 26 heavy (non-hydrogen) atoms. The Bertz CT molecular complexity index is 1060. The number of benzene rings is 2. The minimum atomic E-state index is -0.305. The molecule has 0 saturated carbocycles. The first kappa shape index (κ1) is 16.0. The van der Waals surface area contributed by atoms with Gasteiger partial charge in [-0.1, -0.05) is 12.1 Å². The van der Waals surface area contributed by atoms with Crippen LogP contribution in [0.2, 0.25) is 0 Å². The van der Waals surface area contributed by atoms with E-state index in [4.69, 9.17) is 0 Å². The summed E-state index contributed by atoms with van der Waals surface area (Å²) in [6.45, 7) is 0.398. The average Bonchev–Trinajstić information content (AvgIpc) is 3.12. The Morgan fingerprint density at radius 2 is 1.88 bits per heavy atom. The van der Waals surface area contributed by atoms with Crippen molar-refractivity contribution in [1.29, 1.82) is 0 Å². The Kier molecular flexibility index (Phi) is 4.15. The van der Waals surface area contributed by atoms with Gasteiger partial charge in [-0.25, -0.2) is 9.07 Å². The van der Waals surface area contributed by atoms with Crippen molar-refractivity contribution in [2.75, 3.05) is 0 Å². The molecule has 0 unspecified atom stereocenters. The standard InChI is InChI=1S/C20H15FN4O/c21-15-6-8-16(9-7-15)25-19-5-1-4-17(18(19)13-24-25)20(26)23-12-14-3-2-10-22-11-14/h1-11,13H,12H2,(H,23,26). The molecular formula is C20H15FN4O. The summed E-state index contributed by atoms with van der Waals surface area (Å²) in [4.78, 5) is 16.6. The summed E-state index contributed by atoms with van der Waals surface area (Å²) in [6.07, 6.45) is 5.06. The molecule has 2 aromatic heterocycles. The van der Waals surface area contributed by atoms with E-state index in [0.29, 0.717) is 12.1 Å². The van der Waals surface area contributed by atoms with Gasteiger partial charge in [-0.2, -0.15) is 5.10 Å². The van der Waals surface area contributed by atoms with Crippen LogP contribution in [0.25, 0.3) is 16.6 Å². The summed E-state index contributed by atoms with van der Waals surface area (Å²) < 4.78 is 14.8. The van der Waals surface area contributed by atoms with Crippen molar-refractivity contribution < 1.29 is 9.18 Å². The van der Waals surface area contributed by atoms with Crippen molar-refractivity contribution in [3.63, 3.8) is 0 Å². The molecule has 0 saturated heterocycles. The van der Waals surface area contributed by atoms with E-state index in [0.717, 1.165) is 22.2 Å². The van der Waals surface area contributed by atoms with Gasteiger partial charge in [0.2, 0.25) is 0 Å². The zero-order valence-corrected chi connectivity index (χ0v) is 13.8. The predicted molar refractivity (Wildman–Crippen MR) is 96.4 cm³/mol. The zero-order valence-electron chi connectivity index (χ0n) is 13.8. The van der Waals surface area contributed by atoms with E-state index < -0.39 is 0 Å². The number of nitrogens with zero attached hydrogens (tertiary/aromatic N) is 3. The zero-order chi connectivity index (χ0) is 17.9. The lowest BCUT2D eigenvalue weighted by atomic mass is 10.1. The van der Waals surface area contributed by atoms with Gasteiger partial charge >= 0.3 is 0 Å². The SMILES string of the molecule is O=C(NCc1cccnc1)c1cccc2c1cnn2-c1ccc(F)cc1. The summed E-state index contributed by atoms with van der Waals surface area (Å²) in [5, 5.41) is 8.00. The number of carbonyl (C=O) groups excluding carboxylic acids is 1. The molecule has 128 valence electrons. The van der Waals surface area contributed by atoms with Crippen molar-refractivity contribution >= 4 is 16.8 Å². The first-order chi connectivity index (χ1) is 12.7. The molecule has 2 heterocycles. The number of aromatic nitrogens is 3. The monoisotopic (exact) mass is 346 g/mol. The highest BCUT2D eigenvalue weighted by Crippen LogP contribution is 2.22. The Labute approximate surface area is 149 Å². The minimum absolute atomic E-state index is 0.182. The minimum Gasteiger partial charge on any atom is -0.348 e. The van der Waals surface area contributed by atoms with Gasteiger partial charge in [-0.3, -0.25) is 9.78 Å². The quantitative estimate of drug-likeness (QED) is 0.615. The van der Waals surface area contributed by atoms with Crippen LogP contribution in [0.5, 0.6) is 0 Å². The molecule has 0 aliphatic rings. The van der Waals surface area contributed by atoms with E-state index in [1.54, 1.807) is 41.5 Å². The van der Waals surface area contributed by atoms with Crippen LogP contribution in [0, 0.1) is 5.82 Å². The molecule has 0 aliphatic carbocycles. The molecular weight excluding hydrogens is 331 g/mol. The maximum absolute atomic E-state index is 13.1. The Balaban J connectivity index is 1.64.